The molecule has 1 heterocycles. The Kier molecular flexibility index (Phi) is 6.30. The zero-order valence-corrected chi connectivity index (χ0v) is 20.4. The molecule has 0 N–H and O–H groups in total. The fourth-order valence-electron chi connectivity index (χ4n) is 4.88. The van der Waals surface area contributed by atoms with Gasteiger partial charge in [0.25, 0.3) is 16.0 Å². The van der Waals surface area contributed by atoms with Crippen LogP contribution in [-0.2, 0) is 19.0 Å². The highest BCUT2D eigenvalue weighted by atomic mass is 32.2. The van der Waals surface area contributed by atoms with E-state index in [0.717, 1.165) is 32.7 Å². The zero-order chi connectivity index (χ0) is 25.5. The number of amides is 1. The average molecular weight is 514 g/mol. The Hall–Kier alpha value is -3.30. The first-order valence-corrected chi connectivity index (χ1v) is 13.0. The number of hydrogen-bond acceptors (Lipinski definition) is 5. The maximum atomic E-state index is 14.5. The summed E-state index contributed by atoms with van der Waals surface area (Å²) in [6.45, 7) is 0.582. The second-order valence-corrected chi connectivity index (χ2v) is 10.8. The van der Waals surface area contributed by atoms with E-state index in [2.05, 4.69) is 0 Å². The molecule has 0 spiro atoms. The molecule has 1 aliphatic carbocycles. The van der Waals surface area contributed by atoms with Crippen LogP contribution in [0.25, 0.3) is 11.1 Å². The first kappa shape index (κ1) is 24.4. The molecule has 0 radical (unpaired) electrons. The first-order valence-electron chi connectivity index (χ1n) is 11.6. The van der Waals surface area contributed by atoms with Crippen LogP contribution in [0.5, 0.6) is 0 Å². The van der Waals surface area contributed by atoms with Crippen LogP contribution in [0.3, 0.4) is 0 Å². The van der Waals surface area contributed by atoms with Crippen LogP contribution < -0.4 is 0 Å². The van der Waals surface area contributed by atoms with Crippen molar-refractivity contribution in [3.05, 3.63) is 89.5 Å². The zero-order valence-electron chi connectivity index (χ0n) is 19.6. The number of likely N-dealkylation sites (tertiary alicyclic amines) is 1. The smallest absolute Gasteiger partial charge is 0.410 e. The number of rotatable bonds is 5. The van der Waals surface area contributed by atoms with E-state index in [-0.39, 0.29) is 24.0 Å². The van der Waals surface area contributed by atoms with Gasteiger partial charge in [-0.05, 0) is 41.3 Å². The molecule has 3 aromatic carbocycles. The van der Waals surface area contributed by atoms with Crippen molar-refractivity contribution in [1.29, 1.82) is 0 Å². The third-order valence-corrected chi connectivity index (χ3v) is 7.91. The average Bonchev–Trinajstić information content (AvgIpc) is 3.15. The van der Waals surface area contributed by atoms with Gasteiger partial charge in [0.05, 0.1) is 18.0 Å². The highest BCUT2D eigenvalue weighted by Gasteiger charge is 2.45. The maximum Gasteiger partial charge on any atom is 0.410 e. The van der Waals surface area contributed by atoms with E-state index >= 15 is 0 Å². The van der Waals surface area contributed by atoms with Gasteiger partial charge in [0, 0.05) is 12.3 Å². The van der Waals surface area contributed by atoms with E-state index in [1.165, 1.54) is 12.1 Å². The first-order chi connectivity index (χ1) is 17.1. The summed E-state index contributed by atoms with van der Waals surface area (Å²) in [6, 6.07) is 21.5. The number of aryl methyl sites for hydroxylation is 1. The number of ether oxygens (including phenoxy) is 1. The maximum absolute atomic E-state index is 14.5. The van der Waals surface area contributed by atoms with Crippen LogP contribution in [0.15, 0.2) is 77.7 Å². The van der Waals surface area contributed by atoms with E-state index in [1.807, 2.05) is 48.5 Å². The molecule has 0 saturated carbocycles. The molecule has 0 bridgehead atoms. The van der Waals surface area contributed by atoms with E-state index in [1.54, 1.807) is 19.1 Å². The van der Waals surface area contributed by atoms with Crippen LogP contribution in [0.1, 0.15) is 29.0 Å². The third-order valence-electron chi connectivity index (χ3n) is 6.54. The van der Waals surface area contributed by atoms with Crippen molar-refractivity contribution in [2.75, 3.05) is 19.7 Å². The Balaban J connectivity index is 1.29. The van der Waals surface area contributed by atoms with Gasteiger partial charge < -0.3 is 4.74 Å². The van der Waals surface area contributed by atoms with E-state index in [4.69, 9.17) is 8.92 Å². The molecule has 1 fully saturated rings. The lowest BCUT2D eigenvalue weighted by molar-refractivity contribution is -0.0945. The fraction of sp³-hybridized carbons (Fsp3) is 0.296. The van der Waals surface area contributed by atoms with Crippen LogP contribution >= 0.6 is 0 Å². The Labute approximate surface area is 208 Å². The van der Waals surface area contributed by atoms with Crippen LogP contribution in [-0.4, -0.2) is 51.1 Å². The minimum absolute atomic E-state index is 0.0257. The molecular weight excluding hydrogens is 488 g/mol. The van der Waals surface area contributed by atoms with Crippen molar-refractivity contribution in [2.24, 2.45) is 0 Å². The quantitative estimate of drug-likeness (QED) is 0.430. The summed E-state index contributed by atoms with van der Waals surface area (Å²) in [5, 5.41) is 0. The van der Waals surface area contributed by atoms with Gasteiger partial charge in [0.1, 0.15) is 12.7 Å². The van der Waals surface area contributed by atoms with Crippen molar-refractivity contribution < 1.29 is 30.9 Å². The number of halogens is 2. The molecular formula is C27H25F2NO5S. The van der Waals surface area contributed by atoms with Gasteiger partial charge in [-0.15, -0.1) is 0 Å². The van der Waals surface area contributed by atoms with Crippen LogP contribution in [0.4, 0.5) is 13.6 Å². The highest BCUT2D eigenvalue weighted by Crippen LogP contribution is 2.44. The van der Waals surface area contributed by atoms with Gasteiger partial charge in [-0.25, -0.2) is 13.6 Å². The Morgan fingerprint density at radius 3 is 2.17 bits per heavy atom. The topological polar surface area (TPSA) is 72.9 Å². The fourth-order valence-corrected chi connectivity index (χ4v) is 5.95. The number of hydrogen-bond donors (Lipinski definition) is 0. The molecule has 1 atom stereocenters. The van der Waals surface area contributed by atoms with E-state index < -0.39 is 41.2 Å². The van der Waals surface area contributed by atoms with Gasteiger partial charge in [0.2, 0.25) is 0 Å². The molecule has 5 rings (SSSR count). The van der Waals surface area contributed by atoms with Crippen LogP contribution in [0, 0.1) is 6.92 Å². The second kappa shape index (κ2) is 9.29. The lowest BCUT2D eigenvalue weighted by Crippen LogP contribution is -2.53. The monoisotopic (exact) mass is 513 g/mol. The summed E-state index contributed by atoms with van der Waals surface area (Å²) < 4.78 is 64.9. The molecule has 6 nitrogen and oxygen atoms in total. The van der Waals surface area contributed by atoms with Crippen molar-refractivity contribution in [3.63, 3.8) is 0 Å². The number of alkyl halides is 2. The largest absolute Gasteiger partial charge is 0.448 e. The van der Waals surface area contributed by atoms with Crippen molar-refractivity contribution >= 4 is 16.2 Å². The molecule has 188 valence electrons. The number of nitrogens with zero attached hydrogens (tertiary/aromatic N) is 1. The number of carbonyl (C=O) groups is 1. The summed E-state index contributed by atoms with van der Waals surface area (Å²) in [7, 11) is -4.28. The molecule has 1 aliphatic heterocycles. The molecule has 0 aromatic heterocycles. The standard InChI is InChI=1S/C27H25F2NO5S/c1-18-10-12-20(13-11-18)36(32,33)35-19-14-27(28,29)17-30(15-19)26(31)34-16-25-23-8-4-2-6-21(23)22-7-3-5-9-24(22)25/h2-13,19,25H,14-17H2,1H3. The Morgan fingerprint density at radius 2 is 1.56 bits per heavy atom. The molecule has 36 heavy (non-hydrogen) atoms. The van der Waals surface area contributed by atoms with Gasteiger partial charge in [-0.3, -0.25) is 9.08 Å². The van der Waals surface area contributed by atoms with Gasteiger partial charge in [0.15, 0.2) is 0 Å². The SMILES string of the molecule is Cc1ccc(S(=O)(=O)OC2CN(C(=O)OCC3c4ccccc4-c4ccccc43)CC(F)(F)C2)cc1. The minimum atomic E-state index is -4.28. The second-order valence-electron chi connectivity index (χ2n) is 9.23. The summed E-state index contributed by atoms with van der Waals surface area (Å²) in [4.78, 5) is 13.5. The summed E-state index contributed by atoms with van der Waals surface area (Å²) in [5.74, 6) is -3.54. The normalized spacial score (nSPS) is 19.0. The van der Waals surface area contributed by atoms with Crippen molar-refractivity contribution in [3.8, 4) is 11.1 Å². The highest BCUT2D eigenvalue weighted by molar-refractivity contribution is 7.86. The molecule has 3 aromatic rings. The number of fused-ring (bicyclic) bond motifs is 3. The Morgan fingerprint density at radius 1 is 0.972 bits per heavy atom. The van der Waals surface area contributed by atoms with E-state index in [0.29, 0.717) is 0 Å². The summed E-state index contributed by atoms with van der Waals surface area (Å²) in [6.07, 6.45) is -3.15. The molecule has 9 heteroatoms. The van der Waals surface area contributed by atoms with Gasteiger partial charge >= 0.3 is 6.09 Å². The number of piperidine rings is 1. The predicted octanol–water partition coefficient (Wildman–Crippen LogP) is 5.36. The molecule has 1 saturated heterocycles. The lowest BCUT2D eigenvalue weighted by atomic mass is 9.98. The van der Waals surface area contributed by atoms with Crippen LogP contribution in [0.2, 0.25) is 0 Å². The molecule has 1 amide bonds. The Bertz CT molecular complexity index is 1350. The number of carbonyl (C=O) groups excluding carboxylic acids is 1. The lowest BCUT2D eigenvalue weighted by Gasteiger charge is -2.36. The van der Waals surface area contributed by atoms with E-state index in [9.17, 15) is 22.0 Å². The van der Waals surface area contributed by atoms with Gasteiger partial charge in [-0.2, -0.15) is 8.42 Å². The minimum Gasteiger partial charge on any atom is -0.448 e. The third kappa shape index (κ3) is 4.85. The molecule has 2 aliphatic rings. The van der Waals surface area contributed by atoms with Crippen molar-refractivity contribution in [2.45, 2.75) is 36.2 Å². The van der Waals surface area contributed by atoms with Crippen molar-refractivity contribution in [1.82, 2.24) is 4.90 Å². The summed E-state index contributed by atoms with van der Waals surface area (Å²) in [5.41, 5.74) is 4.95. The summed E-state index contributed by atoms with van der Waals surface area (Å²) >= 11 is 0. The van der Waals surface area contributed by atoms with Gasteiger partial charge in [-0.1, -0.05) is 66.2 Å². The number of benzene rings is 3. The predicted molar refractivity (Wildman–Crippen MR) is 129 cm³/mol. The molecule has 1 unspecified atom stereocenters.